The Hall–Kier alpha value is -2.30. The molecule has 0 fully saturated rings. The van der Waals surface area contributed by atoms with E-state index in [1.165, 1.54) is 12.3 Å². The predicted molar refractivity (Wildman–Crippen MR) is 77.5 cm³/mol. The molecule has 0 radical (unpaired) electrons. The van der Waals surface area contributed by atoms with Gasteiger partial charge < -0.3 is 14.9 Å². The second-order valence-corrected chi connectivity index (χ2v) is 4.08. The van der Waals surface area contributed by atoms with Gasteiger partial charge in [0, 0.05) is 12.6 Å². The Morgan fingerprint density at radius 2 is 2.05 bits per heavy atom. The molecule has 5 nitrogen and oxygen atoms in total. The number of para-hydroxylation sites is 2. The summed E-state index contributed by atoms with van der Waals surface area (Å²) in [6.07, 6.45) is 2.28. The van der Waals surface area contributed by atoms with Crippen LogP contribution in [0, 0.1) is 0 Å². The molecular formula is C15H19NO4. The molecule has 0 aromatic heterocycles. The molecule has 2 N–H and O–H groups in total. The van der Waals surface area contributed by atoms with Gasteiger partial charge in [-0.25, -0.2) is 4.79 Å². The Morgan fingerprint density at radius 1 is 1.35 bits per heavy atom. The smallest absolute Gasteiger partial charge is 0.343 e. The van der Waals surface area contributed by atoms with Crippen molar-refractivity contribution in [1.82, 2.24) is 0 Å². The lowest BCUT2D eigenvalue weighted by Crippen LogP contribution is -2.11. The molecule has 1 rings (SSSR count). The minimum atomic E-state index is -0.627. The average Bonchev–Trinajstić information content (AvgIpc) is 2.41. The molecule has 0 spiro atoms. The highest BCUT2D eigenvalue weighted by Gasteiger charge is 2.14. The number of aliphatic imine (C=N–C) groups is 1. The molecule has 0 aliphatic carbocycles. The molecule has 0 aliphatic heterocycles. The van der Waals surface area contributed by atoms with Crippen molar-refractivity contribution in [1.29, 1.82) is 0 Å². The van der Waals surface area contributed by atoms with Crippen molar-refractivity contribution in [2.75, 3.05) is 6.61 Å². The molecule has 0 aliphatic rings. The van der Waals surface area contributed by atoms with Crippen molar-refractivity contribution in [3.63, 3.8) is 0 Å². The maximum Gasteiger partial charge on any atom is 0.343 e. The number of carbonyl (C=O) groups is 1. The third kappa shape index (κ3) is 4.42. The van der Waals surface area contributed by atoms with Crippen LogP contribution in [-0.2, 0) is 9.53 Å². The second kappa shape index (κ2) is 7.99. The molecule has 1 aromatic rings. The van der Waals surface area contributed by atoms with Gasteiger partial charge in [0.2, 0.25) is 0 Å². The summed E-state index contributed by atoms with van der Waals surface area (Å²) < 4.78 is 4.88. The van der Waals surface area contributed by atoms with Crippen LogP contribution in [0.1, 0.15) is 26.7 Å². The monoisotopic (exact) mass is 277 g/mol. The Kier molecular flexibility index (Phi) is 6.29. The minimum Gasteiger partial charge on any atom is -0.511 e. The fourth-order valence-corrected chi connectivity index (χ4v) is 1.53. The quantitative estimate of drug-likeness (QED) is 0.362. The summed E-state index contributed by atoms with van der Waals surface area (Å²) in [6, 6.07) is 6.48. The Labute approximate surface area is 118 Å². The van der Waals surface area contributed by atoms with Gasteiger partial charge in [-0.2, -0.15) is 0 Å². The molecular weight excluding hydrogens is 258 g/mol. The molecule has 20 heavy (non-hydrogen) atoms. The van der Waals surface area contributed by atoms with E-state index < -0.39 is 5.97 Å². The van der Waals surface area contributed by atoms with Crippen LogP contribution in [0.4, 0.5) is 5.69 Å². The van der Waals surface area contributed by atoms with E-state index in [1.807, 2.05) is 6.92 Å². The Bertz CT molecular complexity index is 520. The van der Waals surface area contributed by atoms with Crippen LogP contribution >= 0.6 is 0 Å². The van der Waals surface area contributed by atoms with Gasteiger partial charge in [-0.15, -0.1) is 0 Å². The molecule has 0 saturated heterocycles. The minimum absolute atomic E-state index is 0.00180. The molecule has 108 valence electrons. The molecule has 0 unspecified atom stereocenters. The number of hydrogen-bond acceptors (Lipinski definition) is 5. The van der Waals surface area contributed by atoms with Crippen LogP contribution in [0.2, 0.25) is 0 Å². The van der Waals surface area contributed by atoms with E-state index in [-0.39, 0.29) is 23.7 Å². The molecule has 0 atom stereocenters. The summed E-state index contributed by atoms with van der Waals surface area (Å²) in [5.74, 6) is -0.690. The van der Waals surface area contributed by atoms with Crippen molar-refractivity contribution in [2.24, 2.45) is 4.99 Å². The van der Waals surface area contributed by atoms with Crippen molar-refractivity contribution in [3.8, 4) is 5.75 Å². The number of nitrogens with zero attached hydrogens (tertiary/aromatic N) is 1. The number of benzene rings is 1. The molecule has 1 aromatic carbocycles. The number of carbonyl (C=O) groups excluding carboxylic acids is 1. The van der Waals surface area contributed by atoms with Gasteiger partial charge in [-0.1, -0.05) is 19.1 Å². The van der Waals surface area contributed by atoms with Crippen LogP contribution in [0.5, 0.6) is 5.75 Å². The number of esters is 1. The normalized spacial score (nSPS) is 12.3. The lowest BCUT2D eigenvalue weighted by molar-refractivity contribution is -0.138. The van der Waals surface area contributed by atoms with E-state index in [1.54, 1.807) is 25.1 Å². The molecule has 0 heterocycles. The number of aliphatic hydroxyl groups is 1. The lowest BCUT2D eigenvalue weighted by Gasteiger charge is -2.05. The van der Waals surface area contributed by atoms with Gasteiger partial charge in [0.15, 0.2) is 0 Å². The first-order valence-electron chi connectivity index (χ1n) is 6.51. The first-order chi connectivity index (χ1) is 9.60. The zero-order valence-corrected chi connectivity index (χ0v) is 11.7. The maximum atomic E-state index is 11.8. The average molecular weight is 277 g/mol. The number of phenols is 1. The topological polar surface area (TPSA) is 79.1 Å². The van der Waals surface area contributed by atoms with Crippen molar-refractivity contribution < 1.29 is 19.7 Å². The molecule has 0 saturated carbocycles. The molecule has 0 bridgehead atoms. The van der Waals surface area contributed by atoms with Crippen LogP contribution in [-0.4, -0.2) is 29.0 Å². The third-order valence-electron chi connectivity index (χ3n) is 2.51. The molecule has 5 heteroatoms. The van der Waals surface area contributed by atoms with Gasteiger partial charge in [0.25, 0.3) is 0 Å². The zero-order chi connectivity index (χ0) is 15.0. The van der Waals surface area contributed by atoms with E-state index in [0.717, 1.165) is 0 Å². The Balaban J connectivity index is 3.04. The van der Waals surface area contributed by atoms with Gasteiger partial charge in [0.05, 0.1) is 6.61 Å². The standard InChI is InChI=1S/C15H19NO4/c1-3-7-13(17)11(15(19)20-4-2)10-16-12-8-5-6-9-14(12)18/h5-6,8-10,17-18H,3-4,7H2,1-2H3/b13-11+,16-10?. The van der Waals surface area contributed by atoms with Crippen LogP contribution in [0.3, 0.4) is 0 Å². The number of aromatic hydroxyl groups is 1. The van der Waals surface area contributed by atoms with Crippen molar-refractivity contribution in [3.05, 3.63) is 35.6 Å². The highest BCUT2D eigenvalue weighted by atomic mass is 16.5. The largest absolute Gasteiger partial charge is 0.511 e. The fraction of sp³-hybridized carbons (Fsp3) is 0.333. The summed E-state index contributed by atoms with van der Waals surface area (Å²) in [6.45, 7) is 3.79. The maximum absolute atomic E-state index is 11.8. The lowest BCUT2D eigenvalue weighted by atomic mass is 10.1. The summed E-state index contributed by atoms with van der Waals surface area (Å²) in [4.78, 5) is 15.8. The van der Waals surface area contributed by atoms with E-state index in [9.17, 15) is 15.0 Å². The van der Waals surface area contributed by atoms with Crippen LogP contribution in [0.15, 0.2) is 40.6 Å². The number of ether oxygens (including phenoxy) is 1. The van der Waals surface area contributed by atoms with Crippen molar-refractivity contribution in [2.45, 2.75) is 26.7 Å². The zero-order valence-electron chi connectivity index (χ0n) is 11.7. The highest BCUT2D eigenvalue weighted by Crippen LogP contribution is 2.25. The van der Waals surface area contributed by atoms with E-state index in [0.29, 0.717) is 18.5 Å². The first kappa shape index (κ1) is 15.8. The molecule has 0 amide bonds. The van der Waals surface area contributed by atoms with E-state index in [4.69, 9.17) is 4.74 Å². The van der Waals surface area contributed by atoms with E-state index >= 15 is 0 Å². The SMILES string of the molecule is CCC/C(O)=C(/C=Nc1ccccc1O)C(=O)OCC. The number of rotatable bonds is 6. The summed E-state index contributed by atoms with van der Waals surface area (Å²) in [5, 5.41) is 19.5. The predicted octanol–water partition coefficient (Wildman–Crippen LogP) is 3.27. The van der Waals surface area contributed by atoms with Gasteiger partial charge in [-0.05, 0) is 25.5 Å². The summed E-state index contributed by atoms with van der Waals surface area (Å²) in [7, 11) is 0. The summed E-state index contributed by atoms with van der Waals surface area (Å²) in [5.41, 5.74) is 0.329. The third-order valence-corrected chi connectivity index (χ3v) is 2.51. The van der Waals surface area contributed by atoms with Crippen LogP contribution in [0.25, 0.3) is 0 Å². The van der Waals surface area contributed by atoms with Crippen molar-refractivity contribution >= 4 is 17.9 Å². The Morgan fingerprint density at radius 3 is 2.65 bits per heavy atom. The second-order valence-electron chi connectivity index (χ2n) is 4.08. The number of allylic oxidation sites excluding steroid dienone is 1. The van der Waals surface area contributed by atoms with Gasteiger partial charge >= 0.3 is 5.97 Å². The van der Waals surface area contributed by atoms with Gasteiger partial charge in [-0.3, -0.25) is 4.99 Å². The highest BCUT2D eigenvalue weighted by molar-refractivity contribution is 6.10. The number of hydrogen-bond donors (Lipinski definition) is 2. The van der Waals surface area contributed by atoms with Gasteiger partial charge in [0.1, 0.15) is 22.8 Å². The van der Waals surface area contributed by atoms with Crippen LogP contribution < -0.4 is 0 Å². The first-order valence-corrected chi connectivity index (χ1v) is 6.51. The van der Waals surface area contributed by atoms with E-state index in [2.05, 4.69) is 4.99 Å². The fourth-order valence-electron chi connectivity index (χ4n) is 1.53. The number of phenolic OH excluding ortho intramolecular Hbond substituents is 1. The number of aliphatic hydroxyl groups excluding tert-OH is 1. The summed E-state index contributed by atoms with van der Waals surface area (Å²) >= 11 is 0.